The molecule has 0 aromatic carbocycles. The molecule has 0 saturated carbocycles. The summed E-state index contributed by atoms with van der Waals surface area (Å²) in [7, 11) is -11.0. The summed E-state index contributed by atoms with van der Waals surface area (Å²) in [5.41, 5.74) is -0.753. The molecule has 1 aromatic rings. The fourth-order valence-electron chi connectivity index (χ4n) is 2.11. The fraction of sp³-hybridized carbons (Fsp3) is 0.600. The Labute approximate surface area is 225 Å². The molecule has 1 saturated heterocycles. The summed E-state index contributed by atoms with van der Waals surface area (Å²) in [5, 5.41) is 21.2. The zero-order valence-electron chi connectivity index (χ0n) is 15.6. The van der Waals surface area contributed by atoms with Gasteiger partial charge in [0, 0.05) is 12.6 Å². The second-order valence-corrected chi connectivity index (χ2v) is 7.89. The minimum Gasteiger partial charge on any atom is -0.858 e. The van der Waals surface area contributed by atoms with Crippen molar-refractivity contribution in [1.29, 1.82) is 0 Å². The molecule has 1 fully saturated rings. The van der Waals surface area contributed by atoms with Crippen LogP contribution in [0.15, 0.2) is 11.0 Å². The normalized spacial score (nSPS) is 23.7. The molecule has 0 amide bonds. The molecule has 0 aliphatic carbocycles. The number of hydrogen-bond donors (Lipinski definition) is 2. The van der Waals surface area contributed by atoms with Crippen LogP contribution in [0.5, 0.6) is 5.88 Å². The van der Waals surface area contributed by atoms with Gasteiger partial charge < -0.3 is 34.2 Å². The average molecular weight is 468 g/mol. The molecular weight excluding hydrogens is 455 g/mol. The van der Waals surface area contributed by atoms with Gasteiger partial charge in [-0.1, -0.05) is 0 Å². The van der Waals surface area contributed by atoms with Gasteiger partial charge in [-0.3, -0.25) is 13.4 Å². The predicted molar refractivity (Wildman–Crippen MR) is 71.7 cm³/mol. The van der Waals surface area contributed by atoms with Crippen LogP contribution in [0.1, 0.15) is 18.2 Å². The fourth-order valence-corrected chi connectivity index (χ4v) is 3.65. The SMILES string of the molecule is Cc1cn(C2CC(O)C(COP(=O)(O)OP(=O)([O-])[O-])O2)c(=O)nc1[O-].[Na+].[Na+].[Na+]. The van der Waals surface area contributed by atoms with Gasteiger partial charge in [-0.05, 0) is 18.4 Å². The largest absolute Gasteiger partial charge is 1.00 e. The first-order valence-electron chi connectivity index (χ1n) is 6.69. The van der Waals surface area contributed by atoms with Crippen LogP contribution in [0.3, 0.4) is 0 Å². The third kappa shape index (κ3) is 9.56. The number of aromatic nitrogens is 2. The van der Waals surface area contributed by atoms with E-state index in [1.54, 1.807) is 0 Å². The van der Waals surface area contributed by atoms with E-state index < -0.39 is 52.3 Å². The number of nitrogens with zero attached hydrogens (tertiary/aromatic N) is 2. The predicted octanol–water partition coefficient (Wildman–Crippen LogP) is -11.8. The van der Waals surface area contributed by atoms with Crippen LogP contribution in [0.4, 0.5) is 0 Å². The van der Waals surface area contributed by atoms with Gasteiger partial charge in [-0.15, -0.1) is 0 Å². The molecule has 4 atom stereocenters. The first kappa shape index (κ1) is 32.0. The quantitative estimate of drug-likeness (QED) is 0.295. The van der Waals surface area contributed by atoms with Gasteiger partial charge in [0.15, 0.2) is 0 Å². The smallest absolute Gasteiger partial charge is 0.858 e. The molecule has 2 N–H and O–H groups in total. The van der Waals surface area contributed by atoms with Crippen molar-refractivity contribution in [2.24, 2.45) is 0 Å². The number of rotatable bonds is 6. The van der Waals surface area contributed by atoms with Gasteiger partial charge in [0.25, 0.3) is 0 Å². The summed E-state index contributed by atoms with van der Waals surface area (Å²) in [5.74, 6) is -0.710. The molecule has 0 spiro atoms. The van der Waals surface area contributed by atoms with E-state index in [0.717, 1.165) is 4.57 Å². The number of phosphoric ester groups is 1. The summed E-state index contributed by atoms with van der Waals surface area (Å²) in [4.78, 5) is 44.7. The molecule has 1 aromatic heterocycles. The zero-order valence-corrected chi connectivity index (χ0v) is 23.4. The maximum absolute atomic E-state index is 11.7. The van der Waals surface area contributed by atoms with Gasteiger partial charge >= 0.3 is 102 Å². The average Bonchev–Trinajstić information content (AvgIpc) is 2.79. The summed E-state index contributed by atoms with van der Waals surface area (Å²) >= 11 is 0. The van der Waals surface area contributed by atoms with Crippen molar-refractivity contribution >= 4 is 15.6 Å². The molecule has 28 heavy (non-hydrogen) atoms. The van der Waals surface area contributed by atoms with E-state index in [0.29, 0.717) is 0 Å². The van der Waals surface area contributed by atoms with Crippen LogP contribution in [-0.4, -0.2) is 38.4 Å². The second-order valence-electron chi connectivity index (χ2n) is 5.14. The first-order chi connectivity index (χ1) is 11.4. The molecule has 142 valence electrons. The Morgan fingerprint density at radius 1 is 1.36 bits per heavy atom. The van der Waals surface area contributed by atoms with Crippen LogP contribution < -0.4 is 109 Å². The Balaban J connectivity index is 0. The molecule has 0 bridgehead atoms. The van der Waals surface area contributed by atoms with Crippen molar-refractivity contribution in [3.8, 4) is 5.88 Å². The van der Waals surface area contributed by atoms with Crippen molar-refractivity contribution in [1.82, 2.24) is 9.55 Å². The summed E-state index contributed by atoms with van der Waals surface area (Å²) in [6, 6.07) is 0. The molecule has 2 heterocycles. The minimum atomic E-state index is -5.77. The third-order valence-corrected chi connectivity index (χ3v) is 5.31. The Hall–Kier alpha value is 1.86. The van der Waals surface area contributed by atoms with E-state index in [1.807, 2.05) is 0 Å². The Morgan fingerprint density at radius 2 is 1.93 bits per heavy atom. The van der Waals surface area contributed by atoms with Gasteiger partial charge in [0.05, 0.1) is 20.5 Å². The Kier molecular flexibility index (Phi) is 14.6. The Bertz CT molecular complexity index is 803. The van der Waals surface area contributed by atoms with Crippen LogP contribution >= 0.6 is 15.6 Å². The first-order valence-corrected chi connectivity index (χ1v) is 9.64. The maximum atomic E-state index is 11.7. The Morgan fingerprint density at radius 3 is 2.46 bits per heavy atom. The van der Waals surface area contributed by atoms with E-state index in [4.69, 9.17) is 9.63 Å². The van der Waals surface area contributed by atoms with Crippen molar-refractivity contribution in [2.75, 3.05) is 6.61 Å². The second kappa shape index (κ2) is 12.8. The molecular formula is C10H13N2Na3O11P2. The molecule has 18 heteroatoms. The minimum absolute atomic E-state index is 0. The number of aliphatic hydroxyl groups is 1. The summed E-state index contributed by atoms with van der Waals surface area (Å²) in [6.07, 6.45) is -2.47. The van der Waals surface area contributed by atoms with E-state index in [1.165, 1.54) is 13.1 Å². The molecule has 0 radical (unpaired) electrons. The molecule has 2 rings (SSSR count). The van der Waals surface area contributed by atoms with Crippen LogP contribution in [0.2, 0.25) is 0 Å². The summed E-state index contributed by atoms with van der Waals surface area (Å²) in [6.45, 7) is 0.618. The topological polar surface area (TPSA) is 206 Å². The number of ether oxygens (including phenoxy) is 1. The maximum Gasteiger partial charge on any atom is 1.00 e. The van der Waals surface area contributed by atoms with E-state index in [-0.39, 0.29) is 101 Å². The van der Waals surface area contributed by atoms with E-state index in [9.17, 15) is 33.9 Å². The molecule has 1 aliphatic rings. The van der Waals surface area contributed by atoms with Gasteiger partial charge in [-0.25, -0.2) is 14.3 Å². The summed E-state index contributed by atoms with van der Waals surface area (Å²) < 4.78 is 35.5. The monoisotopic (exact) mass is 468 g/mol. The standard InChI is InChI=1S/C10H16N2O11P2.3Na/c1-5-3-12(10(15)11-9(5)14)8-2-6(13)7(22-8)4-21-25(19,20)23-24(16,17)18;;;/h3,6-8,13H,2,4H2,1H3,(H,19,20)(H,11,14,15)(H2,16,17,18);;;/q;3*+1/p-3. The number of aryl methyl sites for hydroxylation is 1. The number of phosphoric acid groups is 2. The van der Waals surface area contributed by atoms with Crippen molar-refractivity contribution < 1.29 is 136 Å². The van der Waals surface area contributed by atoms with Gasteiger partial charge in [0.1, 0.15) is 12.3 Å². The van der Waals surface area contributed by atoms with Crippen LogP contribution in [-0.2, 0) is 22.7 Å². The number of aliphatic hydroxyl groups excluding tert-OH is 1. The van der Waals surface area contributed by atoms with Crippen LogP contribution in [0.25, 0.3) is 0 Å². The molecule has 13 nitrogen and oxygen atoms in total. The van der Waals surface area contributed by atoms with Crippen molar-refractivity contribution in [3.05, 3.63) is 22.2 Å². The number of hydrogen-bond acceptors (Lipinski definition) is 11. The molecule has 1 aliphatic heterocycles. The van der Waals surface area contributed by atoms with Crippen LogP contribution in [0, 0.1) is 6.92 Å². The molecule has 4 unspecified atom stereocenters. The van der Waals surface area contributed by atoms with E-state index >= 15 is 0 Å². The van der Waals surface area contributed by atoms with Crippen molar-refractivity contribution in [2.45, 2.75) is 31.8 Å². The third-order valence-electron chi connectivity index (χ3n) is 3.21. The van der Waals surface area contributed by atoms with E-state index in [2.05, 4.69) is 13.8 Å². The zero-order chi connectivity index (χ0) is 19.0. The van der Waals surface area contributed by atoms with Gasteiger partial charge in [-0.2, -0.15) is 0 Å². The van der Waals surface area contributed by atoms with Gasteiger partial charge in [0.2, 0.25) is 0 Å². The van der Waals surface area contributed by atoms with Crippen molar-refractivity contribution in [3.63, 3.8) is 0 Å².